The summed E-state index contributed by atoms with van der Waals surface area (Å²) in [6, 6.07) is 32.4. The molecule has 0 aliphatic carbocycles. The normalized spacial score (nSPS) is 11.6. The van der Waals surface area contributed by atoms with Gasteiger partial charge in [0.15, 0.2) is 0 Å². The van der Waals surface area contributed by atoms with Crippen LogP contribution in [-0.2, 0) is 5.41 Å². The number of rotatable bonds is 4. The molecule has 0 atom stereocenters. The molecular weight excluding hydrogens is 388 g/mol. The first-order chi connectivity index (χ1) is 15.5. The van der Waals surface area contributed by atoms with Crippen molar-refractivity contribution < 1.29 is 0 Å². The Kier molecular flexibility index (Phi) is 5.07. The molecule has 2 heteroatoms. The molecule has 0 aliphatic heterocycles. The molecule has 158 valence electrons. The molecule has 5 rings (SSSR count). The highest BCUT2D eigenvalue weighted by molar-refractivity contribution is 5.79. The minimum Gasteiger partial charge on any atom is -0.361 e. The van der Waals surface area contributed by atoms with Gasteiger partial charge in [0.2, 0.25) is 0 Å². The molecule has 0 unspecified atom stereocenters. The number of aromatic amines is 2. The summed E-state index contributed by atoms with van der Waals surface area (Å²) in [7, 11) is 0. The number of nitrogens with one attached hydrogen (secondary N) is 2. The highest BCUT2D eigenvalue weighted by Crippen LogP contribution is 2.35. The van der Waals surface area contributed by atoms with Gasteiger partial charge in [0.1, 0.15) is 0 Å². The van der Waals surface area contributed by atoms with Crippen LogP contribution in [0.2, 0.25) is 0 Å². The van der Waals surface area contributed by atoms with Gasteiger partial charge in [0, 0.05) is 23.8 Å². The van der Waals surface area contributed by atoms with Crippen molar-refractivity contribution in [1.82, 2.24) is 9.97 Å². The third kappa shape index (κ3) is 4.04. The third-order valence-corrected chi connectivity index (χ3v) is 6.00. The van der Waals surface area contributed by atoms with E-state index in [0.29, 0.717) is 0 Å². The van der Waals surface area contributed by atoms with Gasteiger partial charge < -0.3 is 9.97 Å². The summed E-state index contributed by atoms with van der Waals surface area (Å²) in [6.45, 7) is 6.82. The maximum atomic E-state index is 3.46. The Morgan fingerprint density at radius 2 is 0.906 bits per heavy atom. The summed E-state index contributed by atoms with van der Waals surface area (Å²) in [5, 5.41) is 0. The van der Waals surface area contributed by atoms with Crippen molar-refractivity contribution >= 4 is 0 Å². The molecule has 5 aromatic rings. The van der Waals surface area contributed by atoms with Crippen LogP contribution in [-0.4, -0.2) is 9.97 Å². The van der Waals surface area contributed by atoms with Crippen molar-refractivity contribution in [3.8, 4) is 44.8 Å². The lowest BCUT2D eigenvalue weighted by Crippen LogP contribution is -2.11. The Balaban J connectivity index is 1.58. The quantitative estimate of drug-likeness (QED) is 0.295. The second kappa shape index (κ2) is 8.05. The Hall–Kier alpha value is -3.78. The topological polar surface area (TPSA) is 31.6 Å². The number of hydrogen-bond acceptors (Lipinski definition) is 0. The van der Waals surface area contributed by atoms with Crippen molar-refractivity contribution in [3.63, 3.8) is 0 Å². The van der Waals surface area contributed by atoms with Gasteiger partial charge in [-0.05, 0) is 62.6 Å². The predicted molar refractivity (Wildman–Crippen MR) is 136 cm³/mol. The van der Waals surface area contributed by atoms with Crippen LogP contribution in [0.4, 0.5) is 0 Å². The number of hydrogen-bond donors (Lipinski definition) is 2. The minimum absolute atomic E-state index is 0.0574. The Labute approximate surface area is 190 Å². The first kappa shape index (κ1) is 20.1. The fourth-order valence-corrected chi connectivity index (χ4v) is 4.08. The minimum atomic E-state index is 0.0574. The van der Waals surface area contributed by atoms with Crippen LogP contribution >= 0.6 is 0 Å². The van der Waals surface area contributed by atoms with Crippen LogP contribution in [0.3, 0.4) is 0 Å². The molecule has 0 radical (unpaired) electrons. The van der Waals surface area contributed by atoms with Gasteiger partial charge in [-0.1, -0.05) is 93.6 Å². The summed E-state index contributed by atoms with van der Waals surface area (Å²) in [6.07, 6.45) is 4.22. The van der Waals surface area contributed by atoms with E-state index in [1.54, 1.807) is 0 Å². The van der Waals surface area contributed by atoms with Gasteiger partial charge >= 0.3 is 0 Å². The average Bonchev–Trinajstić information content (AvgIpc) is 3.50. The Morgan fingerprint density at radius 3 is 1.31 bits per heavy atom. The van der Waals surface area contributed by atoms with Crippen LogP contribution < -0.4 is 0 Å². The van der Waals surface area contributed by atoms with E-state index < -0.39 is 0 Å². The van der Waals surface area contributed by atoms with E-state index in [9.17, 15) is 0 Å². The molecule has 2 aromatic heterocycles. The molecule has 0 saturated heterocycles. The fourth-order valence-electron chi connectivity index (χ4n) is 4.08. The average molecular weight is 417 g/mol. The molecule has 0 fully saturated rings. The fraction of sp³-hybridized carbons (Fsp3) is 0.133. The van der Waals surface area contributed by atoms with E-state index in [2.05, 4.69) is 122 Å². The standard InChI is InChI=1S/C30H28N2/c1-30(2,3)27-15-23(25-17-28(31-19-25)21-10-6-4-7-11-21)14-24(16-27)26-18-29(32-20-26)22-12-8-5-9-13-22/h4-20,31-32H,1-3H3. The van der Waals surface area contributed by atoms with E-state index in [-0.39, 0.29) is 5.41 Å². The van der Waals surface area contributed by atoms with Crippen LogP contribution in [0.5, 0.6) is 0 Å². The van der Waals surface area contributed by atoms with Crippen molar-refractivity contribution in [2.24, 2.45) is 0 Å². The highest BCUT2D eigenvalue weighted by atomic mass is 14.7. The molecule has 0 spiro atoms. The third-order valence-electron chi connectivity index (χ3n) is 6.00. The number of benzene rings is 3. The van der Waals surface area contributed by atoms with Crippen LogP contribution in [0.15, 0.2) is 103 Å². The van der Waals surface area contributed by atoms with Gasteiger partial charge in [-0.25, -0.2) is 0 Å². The zero-order valence-corrected chi connectivity index (χ0v) is 18.8. The highest BCUT2D eigenvalue weighted by Gasteiger charge is 2.17. The number of aromatic nitrogens is 2. The second-order valence-electron chi connectivity index (χ2n) is 9.39. The largest absolute Gasteiger partial charge is 0.361 e. The monoisotopic (exact) mass is 416 g/mol. The van der Waals surface area contributed by atoms with Gasteiger partial charge in [-0.15, -0.1) is 0 Å². The lowest BCUT2D eigenvalue weighted by molar-refractivity contribution is 0.590. The molecule has 0 aliphatic rings. The second-order valence-corrected chi connectivity index (χ2v) is 9.39. The molecular formula is C30H28N2. The van der Waals surface area contributed by atoms with E-state index in [1.807, 2.05) is 12.1 Å². The SMILES string of the molecule is CC(C)(C)c1cc(-c2c[nH]c(-c3ccccc3)c2)cc(-c2c[nH]c(-c3ccccc3)c2)c1. The van der Waals surface area contributed by atoms with Crippen LogP contribution in [0.1, 0.15) is 26.3 Å². The summed E-state index contributed by atoms with van der Waals surface area (Å²) in [4.78, 5) is 6.91. The summed E-state index contributed by atoms with van der Waals surface area (Å²) in [5.74, 6) is 0. The summed E-state index contributed by atoms with van der Waals surface area (Å²) < 4.78 is 0. The molecule has 3 aromatic carbocycles. The zero-order chi connectivity index (χ0) is 22.1. The van der Waals surface area contributed by atoms with Crippen molar-refractivity contribution in [3.05, 3.63) is 109 Å². The smallest absolute Gasteiger partial charge is 0.0460 e. The predicted octanol–water partition coefficient (Wildman–Crippen LogP) is 8.31. The number of H-pyrrole nitrogens is 2. The van der Waals surface area contributed by atoms with Crippen molar-refractivity contribution in [2.75, 3.05) is 0 Å². The molecule has 0 saturated carbocycles. The lowest BCUT2D eigenvalue weighted by Gasteiger charge is -2.21. The van der Waals surface area contributed by atoms with E-state index in [4.69, 9.17) is 0 Å². The lowest BCUT2D eigenvalue weighted by atomic mass is 9.83. The first-order valence-electron chi connectivity index (χ1n) is 11.1. The maximum Gasteiger partial charge on any atom is 0.0460 e. The Bertz CT molecular complexity index is 1240. The summed E-state index contributed by atoms with van der Waals surface area (Å²) in [5.41, 5.74) is 10.9. The summed E-state index contributed by atoms with van der Waals surface area (Å²) >= 11 is 0. The molecule has 2 N–H and O–H groups in total. The van der Waals surface area contributed by atoms with E-state index >= 15 is 0 Å². The van der Waals surface area contributed by atoms with E-state index in [1.165, 1.54) is 38.9 Å². The van der Waals surface area contributed by atoms with Crippen molar-refractivity contribution in [2.45, 2.75) is 26.2 Å². The van der Waals surface area contributed by atoms with E-state index in [0.717, 1.165) is 11.4 Å². The maximum absolute atomic E-state index is 3.46. The molecule has 0 bridgehead atoms. The molecule has 32 heavy (non-hydrogen) atoms. The molecule has 2 nitrogen and oxygen atoms in total. The Morgan fingerprint density at radius 1 is 0.469 bits per heavy atom. The molecule has 2 heterocycles. The van der Waals surface area contributed by atoms with Gasteiger partial charge in [-0.2, -0.15) is 0 Å². The van der Waals surface area contributed by atoms with Crippen molar-refractivity contribution in [1.29, 1.82) is 0 Å². The van der Waals surface area contributed by atoms with Gasteiger partial charge in [-0.3, -0.25) is 0 Å². The molecule has 0 amide bonds. The zero-order valence-electron chi connectivity index (χ0n) is 18.8. The first-order valence-corrected chi connectivity index (χ1v) is 11.1. The van der Waals surface area contributed by atoms with Gasteiger partial charge in [0.05, 0.1) is 0 Å². The van der Waals surface area contributed by atoms with Crippen LogP contribution in [0, 0.1) is 0 Å². The van der Waals surface area contributed by atoms with Gasteiger partial charge in [0.25, 0.3) is 0 Å². The van der Waals surface area contributed by atoms with Crippen LogP contribution in [0.25, 0.3) is 44.8 Å².